The van der Waals surface area contributed by atoms with Crippen LogP contribution in [0.15, 0.2) is 75.1 Å². The first-order valence-corrected chi connectivity index (χ1v) is 15.6. The maximum atomic E-state index is 14.1. The number of nitrogens with zero attached hydrogens (tertiary/aromatic N) is 4. The normalized spacial score (nSPS) is 16.1. The number of aryl methyl sites for hydroxylation is 1. The van der Waals surface area contributed by atoms with Gasteiger partial charge in [0.25, 0.3) is 10.0 Å². The molecule has 2 aromatic carbocycles. The number of carbonyl (C=O) groups excluding carboxylic acids is 1. The predicted molar refractivity (Wildman–Crippen MR) is 150 cm³/mol. The molecule has 0 aliphatic carbocycles. The summed E-state index contributed by atoms with van der Waals surface area (Å²) in [6.45, 7) is 10.8. The topological polar surface area (TPSA) is 120 Å². The minimum Gasteiger partial charge on any atom is -0.277 e. The van der Waals surface area contributed by atoms with Gasteiger partial charge in [-0.1, -0.05) is 19.6 Å². The molecule has 0 bridgehead atoms. The van der Waals surface area contributed by atoms with Crippen LogP contribution in [0.25, 0.3) is 4.85 Å². The number of nitriles is 1. The Labute approximate surface area is 245 Å². The Morgan fingerprint density at radius 2 is 1.71 bits per heavy atom. The van der Waals surface area contributed by atoms with Crippen LogP contribution >= 0.6 is 11.3 Å². The fourth-order valence-electron chi connectivity index (χ4n) is 4.36. The smallest absolute Gasteiger partial charge is 0.277 e. The van der Waals surface area contributed by atoms with Crippen molar-refractivity contribution >= 4 is 42.9 Å². The highest BCUT2D eigenvalue weighted by Crippen LogP contribution is 2.46. The largest absolute Gasteiger partial charge is 0.416 e. The molecule has 0 saturated carbocycles. The number of amides is 2. The lowest BCUT2D eigenvalue weighted by atomic mass is 9.98. The van der Waals surface area contributed by atoms with E-state index in [0.29, 0.717) is 20.1 Å². The van der Waals surface area contributed by atoms with E-state index in [2.05, 4.69) is 4.85 Å². The fourth-order valence-corrected chi connectivity index (χ4v) is 8.16. The van der Waals surface area contributed by atoms with Crippen LogP contribution in [0.3, 0.4) is 0 Å². The summed E-state index contributed by atoms with van der Waals surface area (Å²) in [4.78, 5) is 18.3. The van der Waals surface area contributed by atoms with Gasteiger partial charge in [-0.25, -0.2) is 30.8 Å². The SMILES string of the molecule is C.[C-]#[N+]C1=C(C)N(c2cccc(C(F)(F)F)c2)C(=O)N(S(=O)(=O)c2ccc(C)s2)[C@@H]1c1ccc(C#N)cc1S(C)(=O)=O. The summed E-state index contributed by atoms with van der Waals surface area (Å²) in [5.41, 5.74) is -2.44. The molecule has 0 spiro atoms. The minimum atomic E-state index is -4.81. The monoisotopic (exact) mass is 636 g/mol. The highest BCUT2D eigenvalue weighted by Gasteiger charge is 2.49. The van der Waals surface area contributed by atoms with Gasteiger partial charge in [-0.3, -0.25) is 4.90 Å². The Morgan fingerprint density at radius 1 is 1.05 bits per heavy atom. The van der Waals surface area contributed by atoms with Crippen molar-refractivity contribution in [2.75, 3.05) is 11.2 Å². The second-order valence-corrected chi connectivity index (χ2v) is 14.3. The molecule has 1 aliphatic rings. The summed E-state index contributed by atoms with van der Waals surface area (Å²) < 4.78 is 94.2. The third-order valence-electron chi connectivity index (χ3n) is 6.20. The Kier molecular flexibility index (Phi) is 8.66. The molecule has 1 atom stereocenters. The van der Waals surface area contributed by atoms with Crippen LogP contribution in [0.4, 0.5) is 23.7 Å². The summed E-state index contributed by atoms with van der Waals surface area (Å²) in [6, 6.07) is 8.33. The number of carbonyl (C=O) groups is 1. The second-order valence-electron chi connectivity index (χ2n) is 8.95. The van der Waals surface area contributed by atoms with Gasteiger partial charge in [-0.15, -0.1) is 11.3 Å². The number of hydrogen-bond donors (Lipinski definition) is 0. The standard InChI is InChI=1S/C26H19F3N4O5S3.CH4/c1-15-8-11-22(39-15)41(37,38)33-24(20-10-9-17(14-30)12-21(20)40(4,35)36)23(31-3)16(2)32(25(33)34)19-7-5-6-18(13-19)26(27,28)29;/h5-13,24H,1-2,4H3;1H4/t24-;/m1./s1. The van der Waals surface area contributed by atoms with Gasteiger partial charge >= 0.3 is 12.2 Å². The van der Waals surface area contributed by atoms with Gasteiger partial charge in [0.1, 0.15) is 10.3 Å². The number of sulfone groups is 1. The van der Waals surface area contributed by atoms with Crippen molar-refractivity contribution in [1.82, 2.24) is 4.31 Å². The van der Waals surface area contributed by atoms with Gasteiger partial charge in [0, 0.05) is 22.5 Å². The molecule has 1 aliphatic heterocycles. The first kappa shape index (κ1) is 32.3. The van der Waals surface area contributed by atoms with Gasteiger partial charge in [0.05, 0.1) is 28.7 Å². The van der Waals surface area contributed by atoms with Crippen molar-refractivity contribution in [3.05, 3.63) is 99.0 Å². The molecule has 1 aromatic heterocycles. The van der Waals surface area contributed by atoms with Crippen LogP contribution in [-0.4, -0.2) is 33.4 Å². The predicted octanol–water partition coefficient (Wildman–Crippen LogP) is 6.51. The van der Waals surface area contributed by atoms with Crippen molar-refractivity contribution < 1.29 is 34.8 Å². The average molecular weight is 637 g/mol. The van der Waals surface area contributed by atoms with Crippen LogP contribution in [-0.2, 0) is 26.0 Å². The van der Waals surface area contributed by atoms with Crippen molar-refractivity contribution in [3.8, 4) is 6.07 Å². The van der Waals surface area contributed by atoms with Crippen LogP contribution in [0, 0.1) is 24.8 Å². The first-order chi connectivity index (χ1) is 19.0. The van der Waals surface area contributed by atoms with E-state index in [4.69, 9.17) is 6.57 Å². The molecular formula is C27H23F3N4O5S3. The van der Waals surface area contributed by atoms with Gasteiger partial charge in [0.2, 0.25) is 5.70 Å². The Balaban J connectivity index is 0.00000484. The highest BCUT2D eigenvalue weighted by atomic mass is 32.2. The zero-order valence-corrected chi connectivity index (χ0v) is 23.9. The van der Waals surface area contributed by atoms with E-state index in [-0.39, 0.29) is 34.1 Å². The average Bonchev–Trinajstić information content (AvgIpc) is 3.34. The number of anilines is 1. The van der Waals surface area contributed by atoms with Crippen molar-refractivity contribution in [2.45, 2.75) is 42.6 Å². The molecule has 0 N–H and O–H groups in total. The molecule has 0 unspecified atom stereocenters. The summed E-state index contributed by atoms with van der Waals surface area (Å²) in [6.07, 6.45) is -3.97. The second kappa shape index (κ2) is 11.2. The summed E-state index contributed by atoms with van der Waals surface area (Å²) in [5.74, 6) is 0. The van der Waals surface area contributed by atoms with Gasteiger partial charge in [0.15, 0.2) is 9.84 Å². The third kappa shape index (κ3) is 5.63. The van der Waals surface area contributed by atoms with Gasteiger partial charge in [-0.2, -0.15) is 18.4 Å². The van der Waals surface area contributed by atoms with Crippen LogP contribution in [0.2, 0.25) is 0 Å². The molecule has 2 heterocycles. The first-order valence-electron chi connectivity index (χ1n) is 11.5. The maximum Gasteiger partial charge on any atom is 0.416 e. The number of thiophene rings is 1. The summed E-state index contributed by atoms with van der Waals surface area (Å²) in [7, 11) is -8.95. The molecule has 0 fully saturated rings. The maximum absolute atomic E-state index is 14.1. The Hall–Kier alpha value is -4.18. The van der Waals surface area contributed by atoms with Crippen molar-refractivity contribution in [1.29, 1.82) is 5.26 Å². The van der Waals surface area contributed by atoms with Crippen LogP contribution < -0.4 is 4.90 Å². The number of alkyl halides is 3. The molecule has 0 radical (unpaired) electrons. The molecule has 220 valence electrons. The minimum absolute atomic E-state index is 0. The Bertz CT molecular complexity index is 1920. The summed E-state index contributed by atoms with van der Waals surface area (Å²) in [5, 5.41) is 9.34. The van der Waals surface area contributed by atoms with Crippen LogP contribution in [0.1, 0.15) is 42.0 Å². The molecular weight excluding hydrogens is 614 g/mol. The zero-order chi connectivity index (χ0) is 30.5. The number of allylic oxidation sites excluding steroid dienone is 1. The van der Waals surface area contributed by atoms with E-state index in [1.54, 1.807) is 13.0 Å². The molecule has 42 heavy (non-hydrogen) atoms. The van der Waals surface area contributed by atoms with E-state index in [9.17, 15) is 40.1 Å². The van der Waals surface area contributed by atoms with E-state index >= 15 is 0 Å². The molecule has 4 rings (SSSR count). The van der Waals surface area contributed by atoms with E-state index < -0.39 is 54.3 Å². The number of urea groups is 1. The lowest BCUT2D eigenvalue weighted by molar-refractivity contribution is -0.137. The lowest BCUT2D eigenvalue weighted by Crippen LogP contribution is -2.51. The zero-order valence-electron chi connectivity index (χ0n) is 21.5. The molecule has 2 amide bonds. The summed E-state index contributed by atoms with van der Waals surface area (Å²) >= 11 is 0.812. The van der Waals surface area contributed by atoms with Crippen LogP contribution in [0.5, 0.6) is 0 Å². The highest BCUT2D eigenvalue weighted by molar-refractivity contribution is 7.92. The van der Waals surface area contributed by atoms with Crippen molar-refractivity contribution in [3.63, 3.8) is 0 Å². The molecule has 9 nitrogen and oxygen atoms in total. The van der Waals surface area contributed by atoms with E-state index in [1.807, 2.05) is 0 Å². The van der Waals surface area contributed by atoms with E-state index in [0.717, 1.165) is 47.9 Å². The number of sulfonamides is 1. The van der Waals surface area contributed by atoms with Gasteiger partial charge in [-0.05, 0) is 61.9 Å². The number of halogens is 3. The number of hydrogen-bond acceptors (Lipinski definition) is 7. The molecule has 15 heteroatoms. The Morgan fingerprint density at radius 3 is 2.24 bits per heavy atom. The van der Waals surface area contributed by atoms with Crippen molar-refractivity contribution in [2.24, 2.45) is 0 Å². The lowest BCUT2D eigenvalue weighted by Gasteiger charge is -2.41. The van der Waals surface area contributed by atoms with E-state index in [1.165, 1.54) is 25.1 Å². The quantitative estimate of drug-likeness (QED) is 0.295. The molecule has 3 aromatic rings. The molecule has 0 saturated heterocycles. The number of benzene rings is 2. The third-order valence-corrected chi connectivity index (χ3v) is 10.6. The van der Waals surface area contributed by atoms with Gasteiger partial charge < -0.3 is 0 Å². The number of rotatable bonds is 5. The fraction of sp³-hybridized carbons (Fsp3) is 0.222.